The lowest BCUT2D eigenvalue weighted by Crippen LogP contribution is -2.36. The summed E-state index contributed by atoms with van der Waals surface area (Å²) in [6, 6.07) is 3.51. The first-order valence-corrected chi connectivity index (χ1v) is 13.2. The largest absolute Gasteiger partial charge is 0.380 e. The highest BCUT2D eigenvalue weighted by Gasteiger charge is 2.20. The average Bonchev–Trinajstić information content (AvgIpc) is 2.85. The summed E-state index contributed by atoms with van der Waals surface area (Å²) in [5.41, 5.74) is 0.547. The number of alkyl halides is 1. The Balaban J connectivity index is 1.25. The van der Waals surface area contributed by atoms with Crippen molar-refractivity contribution < 1.29 is 4.39 Å². The molecule has 1 aromatic heterocycles. The first-order valence-electron chi connectivity index (χ1n) is 12.4. The second kappa shape index (κ2) is 14.4. The molecule has 1 aliphatic rings. The van der Waals surface area contributed by atoms with Gasteiger partial charge >= 0.3 is 0 Å². The Bertz CT molecular complexity index is 882. The molecule has 1 aliphatic carbocycles. The molecule has 0 bridgehead atoms. The van der Waals surface area contributed by atoms with E-state index in [1.165, 1.54) is 44.9 Å². The predicted octanol–water partition coefficient (Wildman–Crippen LogP) is 5.43. The molecule has 1 heterocycles. The van der Waals surface area contributed by atoms with E-state index in [9.17, 15) is 14.0 Å². The van der Waals surface area contributed by atoms with Gasteiger partial charge in [0.1, 0.15) is 18.0 Å². The first-order chi connectivity index (χ1) is 16.2. The van der Waals surface area contributed by atoms with Crippen molar-refractivity contribution >= 4 is 29.0 Å². The third-order valence-corrected chi connectivity index (χ3v) is 7.61. The first kappa shape index (κ1) is 25.7. The molecule has 0 radical (unpaired) electrons. The molecule has 0 amide bonds. The number of nitrogens with one attached hydrogen (secondary N) is 2. The highest BCUT2D eigenvalue weighted by molar-refractivity contribution is 7.97. The number of aromatic nitrogens is 1. The highest BCUT2D eigenvalue weighted by atomic mass is 32.2. The third-order valence-electron chi connectivity index (χ3n) is 6.18. The standard InChI is InChI=1S/C25H37FN4O2S/c26-14-19-30(33-21-10-6-5-7-11-21)18-9-4-2-1-3-8-15-28-22-23(25(32)24(22)31)29-20-12-16-27-17-13-20/h12-13,16-17,21,28H,1-11,14-15,18-19H2,(H,27,29). The Hall–Kier alpha value is -1.93. The lowest BCUT2D eigenvalue weighted by molar-refractivity contribution is 0.371. The summed E-state index contributed by atoms with van der Waals surface area (Å²) in [7, 11) is 0. The second-order valence-electron chi connectivity index (χ2n) is 8.80. The van der Waals surface area contributed by atoms with Gasteiger partial charge in [0.2, 0.25) is 0 Å². The Morgan fingerprint density at radius 3 is 2.30 bits per heavy atom. The number of nitrogens with zero attached hydrogens (tertiary/aromatic N) is 2. The van der Waals surface area contributed by atoms with Gasteiger partial charge in [-0.2, -0.15) is 0 Å². The van der Waals surface area contributed by atoms with Crippen LogP contribution in [-0.4, -0.2) is 40.8 Å². The summed E-state index contributed by atoms with van der Waals surface area (Å²) in [4.78, 5) is 27.7. The minimum Gasteiger partial charge on any atom is -0.380 e. The molecule has 0 aliphatic heterocycles. The van der Waals surface area contributed by atoms with Crippen LogP contribution >= 0.6 is 11.9 Å². The van der Waals surface area contributed by atoms with E-state index in [4.69, 9.17) is 0 Å². The molecule has 182 valence electrons. The van der Waals surface area contributed by atoms with Gasteiger partial charge in [-0.1, -0.05) is 56.9 Å². The van der Waals surface area contributed by atoms with Crippen molar-refractivity contribution in [3.05, 3.63) is 45.0 Å². The fraction of sp³-hybridized carbons (Fsp3) is 0.640. The Labute approximate surface area is 200 Å². The highest BCUT2D eigenvalue weighted by Crippen LogP contribution is 2.30. The van der Waals surface area contributed by atoms with Crippen LogP contribution in [0.4, 0.5) is 21.5 Å². The van der Waals surface area contributed by atoms with Gasteiger partial charge in [-0.25, -0.2) is 8.70 Å². The summed E-state index contributed by atoms with van der Waals surface area (Å²) >= 11 is 1.90. The summed E-state index contributed by atoms with van der Waals surface area (Å²) in [6.45, 7) is 1.93. The normalized spacial score (nSPS) is 14.7. The van der Waals surface area contributed by atoms with Crippen molar-refractivity contribution in [2.75, 3.05) is 36.9 Å². The second-order valence-corrected chi connectivity index (χ2v) is 10.2. The minimum atomic E-state index is -0.474. The Kier molecular flexibility index (Phi) is 11.2. The lowest BCUT2D eigenvalue weighted by atomic mass is 10.0. The van der Waals surface area contributed by atoms with E-state index in [1.807, 2.05) is 11.9 Å². The number of halogens is 1. The van der Waals surface area contributed by atoms with Crippen LogP contribution in [0, 0.1) is 0 Å². The zero-order valence-corrected chi connectivity index (χ0v) is 20.3. The van der Waals surface area contributed by atoms with E-state index in [2.05, 4.69) is 19.9 Å². The maximum absolute atomic E-state index is 12.9. The quantitative estimate of drug-likeness (QED) is 0.190. The van der Waals surface area contributed by atoms with Gasteiger partial charge in [0, 0.05) is 43.0 Å². The molecule has 0 spiro atoms. The molecule has 3 rings (SSSR count). The van der Waals surface area contributed by atoms with Gasteiger partial charge in [-0.15, -0.1) is 0 Å². The van der Waals surface area contributed by atoms with Crippen molar-refractivity contribution in [3.8, 4) is 0 Å². The van der Waals surface area contributed by atoms with Crippen LogP contribution in [0.3, 0.4) is 0 Å². The van der Waals surface area contributed by atoms with Crippen molar-refractivity contribution in [1.82, 2.24) is 9.29 Å². The molecule has 33 heavy (non-hydrogen) atoms. The molecule has 1 saturated carbocycles. The van der Waals surface area contributed by atoms with Gasteiger partial charge in [-0.05, 0) is 37.8 Å². The van der Waals surface area contributed by atoms with Crippen LogP contribution in [0.15, 0.2) is 34.1 Å². The van der Waals surface area contributed by atoms with Gasteiger partial charge in [0.25, 0.3) is 10.9 Å². The number of rotatable bonds is 16. The zero-order chi connectivity index (χ0) is 23.3. The number of hydrogen-bond donors (Lipinski definition) is 2. The molecule has 0 saturated heterocycles. The Morgan fingerprint density at radius 2 is 1.58 bits per heavy atom. The predicted molar refractivity (Wildman–Crippen MR) is 137 cm³/mol. The lowest BCUT2D eigenvalue weighted by Gasteiger charge is -2.28. The van der Waals surface area contributed by atoms with Gasteiger partial charge in [0.05, 0.1) is 0 Å². The molecule has 0 unspecified atom stereocenters. The van der Waals surface area contributed by atoms with Crippen LogP contribution in [0.25, 0.3) is 0 Å². The van der Waals surface area contributed by atoms with E-state index in [0.29, 0.717) is 29.7 Å². The molecule has 1 aromatic carbocycles. The molecule has 8 heteroatoms. The van der Waals surface area contributed by atoms with Crippen LogP contribution in [0.1, 0.15) is 70.6 Å². The molecule has 0 atom stereocenters. The van der Waals surface area contributed by atoms with E-state index in [1.54, 1.807) is 24.5 Å². The summed E-state index contributed by atoms with van der Waals surface area (Å²) in [5, 5.41) is 6.82. The number of hydrogen-bond acceptors (Lipinski definition) is 7. The van der Waals surface area contributed by atoms with Gasteiger partial charge < -0.3 is 10.6 Å². The average molecular weight is 477 g/mol. The number of unbranched alkanes of at least 4 members (excludes halogenated alkanes) is 5. The van der Waals surface area contributed by atoms with Crippen LogP contribution in [0.5, 0.6) is 0 Å². The van der Waals surface area contributed by atoms with Crippen molar-refractivity contribution in [2.45, 2.75) is 75.9 Å². The van der Waals surface area contributed by atoms with Crippen molar-refractivity contribution in [2.24, 2.45) is 0 Å². The van der Waals surface area contributed by atoms with Gasteiger partial charge in [-0.3, -0.25) is 14.6 Å². The molecular formula is C25H37FN4O2S. The van der Waals surface area contributed by atoms with E-state index in [0.717, 1.165) is 37.9 Å². The number of anilines is 3. The minimum absolute atomic E-state index is 0.267. The van der Waals surface area contributed by atoms with E-state index >= 15 is 0 Å². The van der Waals surface area contributed by atoms with Crippen molar-refractivity contribution in [3.63, 3.8) is 0 Å². The molecule has 1 fully saturated rings. The van der Waals surface area contributed by atoms with Gasteiger partial charge in [0.15, 0.2) is 0 Å². The van der Waals surface area contributed by atoms with Crippen molar-refractivity contribution in [1.29, 1.82) is 0 Å². The topological polar surface area (TPSA) is 74.3 Å². The SMILES string of the molecule is O=c1c(NCCCCCCCCN(CCF)SC2CCCCC2)c(Nc2ccncc2)c1=O. The summed E-state index contributed by atoms with van der Waals surface area (Å²) in [6.07, 6.45) is 16.5. The number of pyridine rings is 1. The fourth-order valence-corrected chi connectivity index (χ4v) is 5.66. The fourth-order valence-electron chi connectivity index (χ4n) is 4.29. The van der Waals surface area contributed by atoms with Crippen LogP contribution in [-0.2, 0) is 0 Å². The van der Waals surface area contributed by atoms with Crippen LogP contribution < -0.4 is 21.5 Å². The molecule has 6 nitrogen and oxygen atoms in total. The zero-order valence-electron chi connectivity index (χ0n) is 19.5. The maximum atomic E-state index is 12.9. The van der Waals surface area contributed by atoms with E-state index < -0.39 is 10.9 Å². The third kappa shape index (κ3) is 8.41. The molecule has 2 N–H and O–H groups in total. The Morgan fingerprint density at radius 1 is 0.909 bits per heavy atom. The van der Waals surface area contributed by atoms with E-state index in [-0.39, 0.29) is 6.67 Å². The molecule has 2 aromatic rings. The smallest absolute Gasteiger partial charge is 0.253 e. The monoisotopic (exact) mass is 476 g/mol. The summed E-state index contributed by atoms with van der Waals surface area (Å²) in [5.74, 6) is 0. The maximum Gasteiger partial charge on any atom is 0.253 e. The summed E-state index contributed by atoms with van der Waals surface area (Å²) < 4.78 is 15.2. The molecular weight excluding hydrogens is 439 g/mol. The van der Waals surface area contributed by atoms with Crippen LogP contribution in [0.2, 0.25) is 0 Å².